The molecule has 2 saturated carbocycles. The molecule has 0 spiro atoms. The summed E-state index contributed by atoms with van der Waals surface area (Å²) in [4.78, 5) is 0. The lowest BCUT2D eigenvalue weighted by Crippen LogP contribution is -2.13. The van der Waals surface area contributed by atoms with E-state index in [1.54, 1.807) is 0 Å². The second-order valence-electron chi connectivity index (χ2n) is 10.8. The predicted molar refractivity (Wildman–Crippen MR) is 140 cm³/mol. The number of hydrogen-bond donors (Lipinski definition) is 0. The van der Waals surface area contributed by atoms with Crippen molar-refractivity contribution in [3.63, 3.8) is 0 Å². The van der Waals surface area contributed by atoms with Crippen LogP contribution in [0.25, 0.3) is 0 Å². The third-order valence-electron chi connectivity index (χ3n) is 8.28. The van der Waals surface area contributed by atoms with E-state index in [4.69, 9.17) is 4.74 Å². The molecule has 0 bridgehead atoms. The summed E-state index contributed by atoms with van der Waals surface area (Å²) in [5.74, 6) is 4.55. The summed E-state index contributed by atoms with van der Waals surface area (Å²) >= 11 is 0. The number of hydrogen-bond acceptors (Lipinski definition) is 1. The second kappa shape index (κ2) is 14.8. The highest BCUT2D eigenvalue weighted by Crippen LogP contribution is 2.38. The lowest BCUT2D eigenvalue weighted by molar-refractivity contribution is 0.288. The average molecular weight is 439 g/mol. The van der Waals surface area contributed by atoms with Crippen LogP contribution in [0.4, 0.5) is 0 Å². The Morgan fingerprint density at radius 2 is 1.28 bits per heavy atom. The van der Waals surface area contributed by atoms with Gasteiger partial charge in [0.05, 0.1) is 0 Å². The normalized spacial score (nSPS) is 26.4. The van der Waals surface area contributed by atoms with Gasteiger partial charge in [0.2, 0.25) is 0 Å². The van der Waals surface area contributed by atoms with Crippen molar-refractivity contribution in [1.29, 1.82) is 0 Å². The van der Waals surface area contributed by atoms with E-state index < -0.39 is 0 Å². The third-order valence-corrected chi connectivity index (χ3v) is 8.28. The van der Waals surface area contributed by atoms with Crippen molar-refractivity contribution in [2.45, 2.75) is 122 Å². The summed E-state index contributed by atoms with van der Waals surface area (Å²) in [6, 6.07) is 9.03. The molecule has 0 radical (unpaired) electrons. The number of rotatable bonds is 13. The monoisotopic (exact) mass is 438 g/mol. The van der Waals surface area contributed by atoms with Crippen LogP contribution in [0.2, 0.25) is 0 Å². The molecule has 0 heterocycles. The smallest absolute Gasteiger partial charge is 0.119 e. The van der Waals surface area contributed by atoms with Crippen molar-refractivity contribution in [2.24, 2.45) is 17.8 Å². The van der Waals surface area contributed by atoms with E-state index >= 15 is 0 Å². The van der Waals surface area contributed by atoms with Crippen molar-refractivity contribution in [3.8, 4) is 5.75 Å². The second-order valence-corrected chi connectivity index (χ2v) is 10.8. The molecule has 3 rings (SSSR count). The molecule has 0 saturated heterocycles. The Bertz CT molecular complexity index is 614. The lowest BCUT2D eigenvalue weighted by atomic mass is 9.77. The van der Waals surface area contributed by atoms with Gasteiger partial charge in [-0.05, 0) is 92.7 Å². The maximum Gasteiger partial charge on any atom is 0.119 e. The highest BCUT2D eigenvalue weighted by Gasteiger charge is 2.22. The highest BCUT2D eigenvalue weighted by molar-refractivity contribution is 5.30. The molecule has 0 N–H and O–H groups in total. The van der Waals surface area contributed by atoms with Crippen LogP contribution in [0.5, 0.6) is 5.75 Å². The summed E-state index contributed by atoms with van der Waals surface area (Å²) in [6.07, 6.45) is 27.2. The molecule has 32 heavy (non-hydrogen) atoms. The number of benzene rings is 1. The summed E-state index contributed by atoms with van der Waals surface area (Å²) in [5.41, 5.74) is 1.52. The van der Waals surface area contributed by atoms with E-state index in [0.29, 0.717) is 6.61 Å². The molecule has 0 unspecified atom stereocenters. The molecule has 0 atom stereocenters. The first-order chi connectivity index (χ1) is 15.8. The molecule has 2 aliphatic carbocycles. The van der Waals surface area contributed by atoms with Crippen LogP contribution in [0.3, 0.4) is 0 Å². The Hall–Kier alpha value is -1.24. The average Bonchev–Trinajstić information content (AvgIpc) is 2.84. The minimum absolute atomic E-state index is 0.707. The van der Waals surface area contributed by atoms with Gasteiger partial charge in [0, 0.05) is 0 Å². The van der Waals surface area contributed by atoms with Crippen LogP contribution < -0.4 is 4.74 Å². The molecule has 1 nitrogen and oxygen atoms in total. The van der Waals surface area contributed by atoms with Gasteiger partial charge >= 0.3 is 0 Å². The number of allylic oxidation sites excluding steroid dienone is 1. The van der Waals surface area contributed by atoms with Gasteiger partial charge in [-0.1, -0.05) is 89.5 Å². The predicted octanol–water partition coefficient (Wildman–Crippen LogP) is 9.86. The molecule has 180 valence electrons. The Labute approximate surface area is 199 Å². The molecule has 1 heteroatoms. The maximum atomic E-state index is 6.01. The van der Waals surface area contributed by atoms with Gasteiger partial charge in [-0.25, -0.2) is 0 Å². The van der Waals surface area contributed by atoms with Crippen molar-refractivity contribution in [2.75, 3.05) is 6.61 Å². The summed E-state index contributed by atoms with van der Waals surface area (Å²) in [7, 11) is 0. The molecular weight excluding hydrogens is 388 g/mol. The minimum Gasteiger partial charge on any atom is -0.490 e. The topological polar surface area (TPSA) is 9.23 Å². The fourth-order valence-corrected chi connectivity index (χ4v) is 6.05. The Morgan fingerprint density at radius 1 is 0.719 bits per heavy atom. The fraction of sp³-hybridized carbons (Fsp3) is 0.742. The maximum absolute atomic E-state index is 6.01. The molecule has 2 fully saturated rings. The van der Waals surface area contributed by atoms with Crippen LogP contribution in [-0.2, 0) is 0 Å². The van der Waals surface area contributed by atoms with Gasteiger partial charge in [0.1, 0.15) is 12.4 Å². The van der Waals surface area contributed by atoms with E-state index in [2.05, 4.69) is 50.3 Å². The molecule has 0 amide bonds. The van der Waals surface area contributed by atoms with Gasteiger partial charge in [-0.15, -0.1) is 0 Å². The summed E-state index contributed by atoms with van der Waals surface area (Å²) in [6.45, 7) is 5.32. The first-order valence-electron chi connectivity index (χ1n) is 14.2. The highest BCUT2D eigenvalue weighted by atomic mass is 16.5. The van der Waals surface area contributed by atoms with Gasteiger partial charge in [0.15, 0.2) is 0 Å². The van der Waals surface area contributed by atoms with Crippen molar-refractivity contribution < 1.29 is 4.74 Å². The van der Waals surface area contributed by atoms with E-state index in [-0.39, 0.29) is 0 Å². The van der Waals surface area contributed by atoms with E-state index in [1.165, 1.54) is 108 Å². The van der Waals surface area contributed by atoms with Gasteiger partial charge in [-0.2, -0.15) is 0 Å². The Morgan fingerprint density at radius 3 is 1.84 bits per heavy atom. The zero-order valence-corrected chi connectivity index (χ0v) is 21.2. The van der Waals surface area contributed by atoms with Gasteiger partial charge in [-0.3, -0.25) is 0 Å². The quantitative estimate of drug-likeness (QED) is 0.220. The van der Waals surface area contributed by atoms with Crippen LogP contribution in [-0.4, -0.2) is 6.61 Å². The van der Waals surface area contributed by atoms with Crippen molar-refractivity contribution in [1.82, 2.24) is 0 Å². The zero-order chi connectivity index (χ0) is 22.4. The molecular formula is C31H50O. The van der Waals surface area contributed by atoms with Crippen LogP contribution >= 0.6 is 0 Å². The summed E-state index contributed by atoms with van der Waals surface area (Å²) in [5, 5.41) is 0. The van der Waals surface area contributed by atoms with Crippen LogP contribution in [0.1, 0.15) is 128 Å². The molecule has 1 aromatic rings. The number of unbranched alkanes of at least 4 members (excludes halogenated alkanes) is 4. The zero-order valence-electron chi connectivity index (χ0n) is 21.2. The molecule has 0 aliphatic heterocycles. The van der Waals surface area contributed by atoms with E-state index in [0.717, 1.165) is 29.4 Å². The fourth-order valence-electron chi connectivity index (χ4n) is 6.05. The van der Waals surface area contributed by atoms with Crippen LogP contribution in [0.15, 0.2) is 36.4 Å². The first-order valence-corrected chi connectivity index (χ1v) is 14.2. The molecule has 1 aromatic carbocycles. The van der Waals surface area contributed by atoms with E-state index in [9.17, 15) is 0 Å². The Kier molecular flexibility index (Phi) is 11.8. The Balaban J connectivity index is 1.30. The first kappa shape index (κ1) is 25.4. The lowest BCUT2D eigenvalue weighted by Gasteiger charge is -2.29. The largest absolute Gasteiger partial charge is 0.490 e. The van der Waals surface area contributed by atoms with Gasteiger partial charge in [0.25, 0.3) is 0 Å². The minimum atomic E-state index is 0.707. The molecule has 2 aliphatic rings. The third kappa shape index (κ3) is 8.95. The standard InChI is InChI=1S/C31H50O/c1-3-5-7-10-26-13-15-28(16-14-26)12-9-25-32-31-23-21-30(22-24-31)29-19-17-27(18-20-29)11-8-6-4-2/h9,12,21-24,26-29H,3-8,10-11,13-20,25H2,1-2H3. The SMILES string of the molecule is CCCCCC1CCC(C=CCOc2ccc(C3CCC(CCCCC)CC3)cc2)CC1. The van der Waals surface area contributed by atoms with E-state index in [1.807, 2.05) is 0 Å². The van der Waals surface area contributed by atoms with Crippen molar-refractivity contribution >= 4 is 0 Å². The summed E-state index contributed by atoms with van der Waals surface area (Å²) < 4.78 is 6.01. The number of ether oxygens (including phenoxy) is 1. The van der Waals surface area contributed by atoms with Crippen LogP contribution in [0, 0.1) is 17.8 Å². The van der Waals surface area contributed by atoms with Gasteiger partial charge < -0.3 is 4.74 Å². The van der Waals surface area contributed by atoms with Crippen molar-refractivity contribution in [3.05, 3.63) is 42.0 Å². The molecule has 0 aromatic heterocycles.